The molecule has 0 radical (unpaired) electrons. The number of carbonyl (C=O) groups excluding carboxylic acids is 2. The quantitative estimate of drug-likeness (QED) is 0.434. The first-order valence-electron chi connectivity index (χ1n) is 4.48. The third-order valence-corrected chi connectivity index (χ3v) is 2.02. The summed E-state index contributed by atoms with van der Waals surface area (Å²) in [6, 6.07) is 4.55. The summed E-state index contributed by atoms with van der Waals surface area (Å²) in [4.78, 5) is 22.6. The lowest BCUT2D eigenvalue weighted by Gasteiger charge is -2.08. The normalized spacial score (nSPS) is 9.44. The van der Waals surface area contributed by atoms with Gasteiger partial charge in [-0.25, -0.2) is 4.79 Å². The van der Waals surface area contributed by atoms with Crippen LogP contribution >= 0.6 is 0 Å². The standard InChI is InChI=1S/C11H12O5/c1-14-7-4-5-8(9(6-7)15-2)10(12)11(13)16-3/h4-6H,1-3H3. The highest BCUT2D eigenvalue weighted by Crippen LogP contribution is 2.25. The number of rotatable bonds is 4. The van der Waals surface area contributed by atoms with Gasteiger partial charge in [-0.3, -0.25) is 4.79 Å². The maximum Gasteiger partial charge on any atom is 0.379 e. The second kappa shape index (κ2) is 5.16. The van der Waals surface area contributed by atoms with Gasteiger partial charge >= 0.3 is 5.97 Å². The van der Waals surface area contributed by atoms with Gasteiger partial charge < -0.3 is 14.2 Å². The van der Waals surface area contributed by atoms with Crippen molar-refractivity contribution in [2.45, 2.75) is 0 Å². The summed E-state index contributed by atoms with van der Waals surface area (Å²) in [6.07, 6.45) is 0. The lowest BCUT2D eigenvalue weighted by atomic mass is 10.1. The summed E-state index contributed by atoms with van der Waals surface area (Å²) in [5.41, 5.74) is 0.148. The summed E-state index contributed by atoms with van der Waals surface area (Å²) < 4.78 is 14.3. The van der Waals surface area contributed by atoms with Crippen LogP contribution in [0.15, 0.2) is 18.2 Å². The molecule has 1 aromatic rings. The molecule has 0 spiro atoms. The molecule has 0 unspecified atom stereocenters. The molecule has 0 atom stereocenters. The number of ketones is 1. The zero-order valence-corrected chi connectivity index (χ0v) is 9.27. The lowest BCUT2D eigenvalue weighted by molar-refractivity contribution is -0.135. The largest absolute Gasteiger partial charge is 0.497 e. The van der Waals surface area contributed by atoms with E-state index in [-0.39, 0.29) is 11.3 Å². The van der Waals surface area contributed by atoms with Crippen LogP contribution in [0.1, 0.15) is 10.4 Å². The Bertz CT molecular complexity index is 411. The summed E-state index contributed by atoms with van der Waals surface area (Å²) in [6.45, 7) is 0. The molecule has 5 nitrogen and oxygen atoms in total. The predicted molar refractivity (Wildman–Crippen MR) is 55.9 cm³/mol. The van der Waals surface area contributed by atoms with Crippen molar-refractivity contribution in [2.24, 2.45) is 0 Å². The number of hydrogen-bond donors (Lipinski definition) is 0. The van der Waals surface area contributed by atoms with Crippen molar-refractivity contribution in [3.05, 3.63) is 23.8 Å². The van der Waals surface area contributed by atoms with Crippen molar-refractivity contribution >= 4 is 11.8 Å². The number of Topliss-reactive ketones (excluding diaryl/α,β-unsaturated/α-hetero) is 1. The van der Waals surface area contributed by atoms with Crippen LogP contribution in [0.2, 0.25) is 0 Å². The van der Waals surface area contributed by atoms with E-state index < -0.39 is 11.8 Å². The van der Waals surface area contributed by atoms with Crippen molar-refractivity contribution in [3.63, 3.8) is 0 Å². The van der Waals surface area contributed by atoms with Crippen molar-refractivity contribution < 1.29 is 23.8 Å². The molecule has 1 rings (SSSR count). The molecule has 0 aromatic heterocycles. The predicted octanol–water partition coefficient (Wildman–Crippen LogP) is 1.06. The summed E-state index contributed by atoms with van der Waals surface area (Å²) in [7, 11) is 4.05. The van der Waals surface area contributed by atoms with Crippen molar-refractivity contribution in [1.29, 1.82) is 0 Å². The van der Waals surface area contributed by atoms with Crippen molar-refractivity contribution in [2.75, 3.05) is 21.3 Å². The van der Waals surface area contributed by atoms with E-state index in [1.807, 2.05) is 0 Å². The number of methoxy groups -OCH3 is 3. The molecule has 86 valence electrons. The monoisotopic (exact) mass is 224 g/mol. The van der Waals surface area contributed by atoms with Gasteiger partial charge in [0.1, 0.15) is 11.5 Å². The van der Waals surface area contributed by atoms with E-state index in [1.54, 1.807) is 6.07 Å². The van der Waals surface area contributed by atoms with Crippen LogP contribution < -0.4 is 9.47 Å². The van der Waals surface area contributed by atoms with Gasteiger partial charge in [0.2, 0.25) is 0 Å². The molecule has 0 heterocycles. The average molecular weight is 224 g/mol. The maximum absolute atomic E-state index is 11.6. The Labute approximate surface area is 92.9 Å². The second-order valence-corrected chi connectivity index (χ2v) is 2.89. The van der Waals surface area contributed by atoms with E-state index >= 15 is 0 Å². The molecule has 0 aliphatic carbocycles. The van der Waals surface area contributed by atoms with E-state index in [0.717, 1.165) is 7.11 Å². The molecule has 0 saturated heterocycles. The zero-order chi connectivity index (χ0) is 12.1. The van der Waals surface area contributed by atoms with E-state index in [9.17, 15) is 9.59 Å². The Morgan fingerprint density at radius 3 is 2.25 bits per heavy atom. The van der Waals surface area contributed by atoms with Crippen LogP contribution in [0.25, 0.3) is 0 Å². The molecule has 0 amide bonds. The number of carbonyl (C=O) groups is 2. The number of benzene rings is 1. The van der Waals surface area contributed by atoms with Crippen LogP contribution in [0.4, 0.5) is 0 Å². The molecular weight excluding hydrogens is 212 g/mol. The molecule has 0 N–H and O–H groups in total. The first kappa shape index (κ1) is 12.0. The van der Waals surface area contributed by atoms with E-state index in [4.69, 9.17) is 9.47 Å². The van der Waals surface area contributed by atoms with Gasteiger partial charge in [-0.2, -0.15) is 0 Å². The fraction of sp³-hybridized carbons (Fsp3) is 0.273. The molecule has 0 bridgehead atoms. The first-order chi connectivity index (χ1) is 7.63. The highest BCUT2D eigenvalue weighted by atomic mass is 16.5. The Morgan fingerprint density at radius 2 is 1.75 bits per heavy atom. The van der Waals surface area contributed by atoms with Crippen LogP contribution in [0.5, 0.6) is 11.5 Å². The minimum absolute atomic E-state index is 0.148. The Balaban J connectivity index is 3.13. The Kier molecular flexibility index (Phi) is 3.88. The summed E-state index contributed by atoms with van der Waals surface area (Å²) in [5.74, 6) is -0.863. The summed E-state index contributed by atoms with van der Waals surface area (Å²) in [5, 5.41) is 0. The van der Waals surface area contributed by atoms with Gasteiger partial charge in [-0.05, 0) is 12.1 Å². The van der Waals surface area contributed by atoms with Crippen LogP contribution in [0, 0.1) is 0 Å². The van der Waals surface area contributed by atoms with Crippen molar-refractivity contribution in [1.82, 2.24) is 0 Å². The van der Waals surface area contributed by atoms with Gasteiger partial charge in [-0.1, -0.05) is 0 Å². The Morgan fingerprint density at radius 1 is 1.06 bits per heavy atom. The SMILES string of the molecule is COC(=O)C(=O)c1ccc(OC)cc1OC. The van der Waals surface area contributed by atoms with Gasteiger partial charge in [0.25, 0.3) is 5.78 Å². The first-order valence-corrected chi connectivity index (χ1v) is 4.48. The molecule has 1 aromatic carbocycles. The van der Waals surface area contributed by atoms with E-state index in [2.05, 4.69) is 4.74 Å². The molecular formula is C11H12O5. The highest BCUT2D eigenvalue weighted by molar-refractivity contribution is 6.41. The molecule has 0 aliphatic rings. The molecule has 16 heavy (non-hydrogen) atoms. The van der Waals surface area contributed by atoms with Gasteiger partial charge in [0.15, 0.2) is 0 Å². The number of ether oxygens (including phenoxy) is 3. The smallest absolute Gasteiger partial charge is 0.379 e. The topological polar surface area (TPSA) is 61.8 Å². The van der Waals surface area contributed by atoms with Crippen LogP contribution in [-0.4, -0.2) is 33.1 Å². The molecule has 0 aliphatic heterocycles. The number of hydrogen-bond acceptors (Lipinski definition) is 5. The third kappa shape index (κ3) is 2.31. The highest BCUT2D eigenvalue weighted by Gasteiger charge is 2.21. The van der Waals surface area contributed by atoms with E-state index in [0.29, 0.717) is 5.75 Å². The zero-order valence-electron chi connectivity index (χ0n) is 9.27. The minimum atomic E-state index is -0.927. The summed E-state index contributed by atoms with van der Waals surface area (Å²) >= 11 is 0. The molecule has 5 heteroatoms. The number of esters is 1. The fourth-order valence-electron chi connectivity index (χ4n) is 1.19. The molecule has 0 fully saturated rings. The maximum atomic E-state index is 11.6. The van der Waals surface area contributed by atoms with Gasteiger partial charge in [0.05, 0.1) is 26.9 Å². The Hall–Kier alpha value is -2.04. The fourth-order valence-corrected chi connectivity index (χ4v) is 1.19. The molecule has 0 saturated carbocycles. The lowest BCUT2D eigenvalue weighted by Crippen LogP contribution is -2.16. The van der Waals surface area contributed by atoms with Crippen LogP contribution in [0.3, 0.4) is 0 Å². The minimum Gasteiger partial charge on any atom is -0.497 e. The van der Waals surface area contributed by atoms with E-state index in [1.165, 1.54) is 26.4 Å². The third-order valence-electron chi connectivity index (χ3n) is 2.02. The average Bonchev–Trinajstić information content (AvgIpc) is 2.35. The van der Waals surface area contributed by atoms with Crippen molar-refractivity contribution in [3.8, 4) is 11.5 Å². The van der Waals surface area contributed by atoms with Gasteiger partial charge in [-0.15, -0.1) is 0 Å². The van der Waals surface area contributed by atoms with Crippen LogP contribution in [-0.2, 0) is 9.53 Å². The second-order valence-electron chi connectivity index (χ2n) is 2.89. The van der Waals surface area contributed by atoms with Gasteiger partial charge in [0, 0.05) is 6.07 Å².